The van der Waals surface area contributed by atoms with Crippen LogP contribution in [0.15, 0.2) is 35.1 Å². The smallest absolute Gasteiger partial charge is 0.0594 e. The van der Waals surface area contributed by atoms with Crippen molar-refractivity contribution in [1.29, 1.82) is 0 Å². The van der Waals surface area contributed by atoms with Crippen molar-refractivity contribution in [1.82, 2.24) is 9.78 Å². The van der Waals surface area contributed by atoms with Crippen molar-refractivity contribution >= 4 is 15.9 Å². The summed E-state index contributed by atoms with van der Waals surface area (Å²) in [5.41, 5.74) is 9.52. The zero-order valence-corrected chi connectivity index (χ0v) is 10.9. The predicted octanol–water partition coefficient (Wildman–Crippen LogP) is 2.54. The summed E-state index contributed by atoms with van der Waals surface area (Å²) in [5.74, 6) is 0. The lowest BCUT2D eigenvalue weighted by Crippen LogP contribution is -2.12. The van der Waals surface area contributed by atoms with E-state index in [9.17, 15) is 0 Å². The Morgan fingerprint density at radius 3 is 2.81 bits per heavy atom. The monoisotopic (exact) mass is 279 g/mol. The fraction of sp³-hybridized carbons (Fsp3) is 0.250. The Bertz CT molecular complexity index is 505. The van der Waals surface area contributed by atoms with Crippen molar-refractivity contribution in [3.8, 4) is 0 Å². The van der Waals surface area contributed by atoms with Gasteiger partial charge in [-0.05, 0) is 18.1 Å². The summed E-state index contributed by atoms with van der Waals surface area (Å²) in [6, 6.07) is 5.98. The molecule has 0 radical (unpaired) electrons. The van der Waals surface area contributed by atoms with Crippen LogP contribution in [0.4, 0.5) is 0 Å². The van der Waals surface area contributed by atoms with Crippen molar-refractivity contribution in [3.63, 3.8) is 0 Å². The highest BCUT2D eigenvalue weighted by Crippen LogP contribution is 2.28. The van der Waals surface area contributed by atoms with Crippen LogP contribution in [-0.2, 0) is 7.05 Å². The van der Waals surface area contributed by atoms with Crippen LogP contribution in [0.1, 0.15) is 22.7 Å². The molecule has 2 aromatic rings. The van der Waals surface area contributed by atoms with Crippen LogP contribution in [-0.4, -0.2) is 9.78 Å². The molecule has 1 aromatic carbocycles. The van der Waals surface area contributed by atoms with E-state index in [0.29, 0.717) is 0 Å². The van der Waals surface area contributed by atoms with Gasteiger partial charge in [-0.3, -0.25) is 4.68 Å². The zero-order valence-electron chi connectivity index (χ0n) is 9.31. The molecular weight excluding hydrogens is 266 g/mol. The summed E-state index contributed by atoms with van der Waals surface area (Å²) < 4.78 is 2.84. The van der Waals surface area contributed by atoms with Gasteiger partial charge in [0.05, 0.1) is 12.2 Å². The summed E-state index contributed by atoms with van der Waals surface area (Å²) in [6.45, 7) is 2.06. The van der Waals surface area contributed by atoms with Crippen LogP contribution in [0, 0.1) is 6.92 Å². The van der Waals surface area contributed by atoms with Gasteiger partial charge in [0.25, 0.3) is 0 Å². The Morgan fingerprint density at radius 2 is 2.19 bits per heavy atom. The summed E-state index contributed by atoms with van der Waals surface area (Å²) >= 11 is 3.58. The lowest BCUT2D eigenvalue weighted by molar-refractivity contribution is 0.765. The Hall–Kier alpha value is -1.13. The summed E-state index contributed by atoms with van der Waals surface area (Å²) in [5, 5.41) is 4.14. The second kappa shape index (κ2) is 4.39. The minimum absolute atomic E-state index is 0.136. The molecule has 0 saturated heterocycles. The summed E-state index contributed by atoms with van der Waals surface area (Å²) in [4.78, 5) is 0. The van der Waals surface area contributed by atoms with Crippen LogP contribution in [0.2, 0.25) is 0 Å². The summed E-state index contributed by atoms with van der Waals surface area (Å²) in [6.07, 6.45) is 3.75. The number of benzene rings is 1. The maximum absolute atomic E-state index is 6.22. The standard InChI is InChI=1S/C12H14BrN3/c1-8-4-3-5-10(11(8)13)12(14)9-6-15-16(2)7-9/h3-7,12H,14H2,1-2H3. The number of nitrogens with zero attached hydrogens (tertiary/aromatic N) is 2. The van der Waals surface area contributed by atoms with Gasteiger partial charge in [0.15, 0.2) is 0 Å². The van der Waals surface area contributed by atoms with E-state index in [0.717, 1.165) is 15.6 Å². The van der Waals surface area contributed by atoms with E-state index < -0.39 is 0 Å². The number of aromatic nitrogens is 2. The normalized spacial score (nSPS) is 12.8. The minimum Gasteiger partial charge on any atom is -0.320 e. The molecular formula is C12H14BrN3. The van der Waals surface area contributed by atoms with Crippen LogP contribution < -0.4 is 5.73 Å². The van der Waals surface area contributed by atoms with E-state index >= 15 is 0 Å². The third-order valence-electron chi connectivity index (χ3n) is 2.64. The molecule has 0 aliphatic rings. The molecule has 1 atom stereocenters. The average molecular weight is 280 g/mol. The number of hydrogen-bond acceptors (Lipinski definition) is 2. The fourth-order valence-corrected chi connectivity index (χ4v) is 2.20. The highest BCUT2D eigenvalue weighted by Gasteiger charge is 2.14. The maximum Gasteiger partial charge on any atom is 0.0594 e. The van der Waals surface area contributed by atoms with Crippen molar-refractivity contribution in [3.05, 3.63) is 51.8 Å². The highest BCUT2D eigenvalue weighted by atomic mass is 79.9. The van der Waals surface area contributed by atoms with E-state index in [2.05, 4.69) is 34.0 Å². The Balaban J connectivity index is 2.41. The molecule has 16 heavy (non-hydrogen) atoms. The van der Waals surface area contributed by atoms with E-state index in [4.69, 9.17) is 5.73 Å². The first-order valence-electron chi connectivity index (χ1n) is 5.08. The van der Waals surface area contributed by atoms with Gasteiger partial charge in [0.2, 0.25) is 0 Å². The highest BCUT2D eigenvalue weighted by molar-refractivity contribution is 9.10. The maximum atomic E-state index is 6.22. The molecule has 0 aliphatic carbocycles. The van der Waals surface area contributed by atoms with Gasteiger partial charge in [0.1, 0.15) is 0 Å². The molecule has 0 fully saturated rings. The van der Waals surface area contributed by atoms with Crippen LogP contribution in [0.25, 0.3) is 0 Å². The van der Waals surface area contributed by atoms with Gasteiger partial charge in [-0.15, -0.1) is 0 Å². The molecule has 2 rings (SSSR count). The third-order valence-corrected chi connectivity index (χ3v) is 3.72. The molecule has 84 valence electrons. The molecule has 4 heteroatoms. The number of nitrogens with two attached hydrogens (primary N) is 1. The molecule has 0 amide bonds. The lowest BCUT2D eigenvalue weighted by atomic mass is 10.0. The Kier molecular flexibility index (Phi) is 3.12. The number of halogens is 1. The average Bonchev–Trinajstić information content (AvgIpc) is 2.68. The van der Waals surface area contributed by atoms with Gasteiger partial charge in [-0.2, -0.15) is 5.10 Å². The molecule has 2 N–H and O–H groups in total. The van der Waals surface area contributed by atoms with Gasteiger partial charge < -0.3 is 5.73 Å². The number of aryl methyl sites for hydroxylation is 2. The molecule has 0 spiro atoms. The molecule has 1 heterocycles. The lowest BCUT2D eigenvalue weighted by Gasteiger charge is -2.13. The van der Waals surface area contributed by atoms with Crippen LogP contribution >= 0.6 is 15.9 Å². The van der Waals surface area contributed by atoms with Gasteiger partial charge in [-0.25, -0.2) is 0 Å². The first kappa shape index (κ1) is 11.4. The fourth-order valence-electron chi connectivity index (χ4n) is 1.69. The van der Waals surface area contributed by atoms with Gasteiger partial charge >= 0.3 is 0 Å². The van der Waals surface area contributed by atoms with Crippen LogP contribution in [0.5, 0.6) is 0 Å². The van der Waals surface area contributed by atoms with E-state index in [1.54, 1.807) is 10.9 Å². The third kappa shape index (κ3) is 2.03. The Morgan fingerprint density at radius 1 is 1.44 bits per heavy atom. The van der Waals surface area contributed by atoms with Gasteiger partial charge in [-0.1, -0.05) is 34.1 Å². The first-order chi connectivity index (χ1) is 7.59. The molecule has 3 nitrogen and oxygen atoms in total. The first-order valence-corrected chi connectivity index (χ1v) is 5.88. The van der Waals surface area contributed by atoms with E-state index in [-0.39, 0.29) is 6.04 Å². The van der Waals surface area contributed by atoms with E-state index in [1.807, 2.05) is 25.4 Å². The van der Waals surface area contributed by atoms with Crippen LogP contribution in [0.3, 0.4) is 0 Å². The molecule has 1 aromatic heterocycles. The number of hydrogen-bond donors (Lipinski definition) is 1. The van der Waals surface area contributed by atoms with Crippen molar-refractivity contribution in [2.45, 2.75) is 13.0 Å². The van der Waals surface area contributed by atoms with Crippen molar-refractivity contribution in [2.24, 2.45) is 12.8 Å². The topological polar surface area (TPSA) is 43.8 Å². The van der Waals surface area contributed by atoms with Gasteiger partial charge in [0, 0.05) is 23.3 Å². The molecule has 1 unspecified atom stereocenters. The zero-order chi connectivity index (χ0) is 11.7. The van der Waals surface area contributed by atoms with Crippen molar-refractivity contribution in [2.75, 3.05) is 0 Å². The summed E-state index contributed by atoms with van der Waals surface area (Å²) in [7, 11) is 1.89. The Labute approximate surface area is 103 Å². The number of rotatable bonds is 2. The molecule has 0 aliphatic heterocycles. The largest absolute Gasteiger partial charge is 0.320 e. The SMILES string of the molecule is Cc1cccc(C(N)c2cnn(C)c2)c1Br. The molecule has 0 saturated carbocycles. The minimum atomic E-state index is -0.136. The van der Waals surface area contributed by atoms with Crippen molar-refractivity contribution < 1.29 is 0 Å². The predicted molar refractivity (Wildman–Crippen MR) is 68.1 cm³/mol. The molecule has 0 bridgehead atoms. The quantitative estimate of drug-likeness (QED) is 0.918. The second-order valence-corrected chi connectivity index (χ2v) is 4.70. The van der Waals surface area contributed by atoms with E-state index in [1.165, 1.54) is 5.56 Å². The second-order valence-electron chi connectivity index (χ2n) is 3.90.